The fourth-order valence-electron chi connectivity index (χ4n) is 3.40. The van der Waals surface area contributed by atoms with Gasteiger partial charge in [0.2, 0.25) is 10.0 Å². The summed E-state index contributed by atoms with van der Waals surface area (Å²) in [6.45, 7) is 4.01. The van der Waals surface area contributed by atoms with E-state index in [2.05, 4.69) is 10.2 Å². The molecule has 0 saturated carbocycles. The van der Waals surface area contributed by atoms with Crippen LogP contribution in [0.3, 0.4) is 0 Å². The summed E-state index contributed by atoms with van der Waals surface area (Å²) in [5.41, 5.74) is 0.375. The van der Waals surface area contributed by atoms with E-state index in [0.717, 1.165) is 43.3 Å². The van der Waals surface area contributed by atoms with E-state index in [4.69, 9.17) is 9.88 Å². The van der Waals surface area contributed by atoms with Crippen molar-refractivity contribution in [2.45, 2.75) is 27.1 Å². The van der Waals surface area contributed by atoms with Gasteiger partial charge in [-0.1, -0.05) is 18.2 Å². The molecule has 1 fully saturated rings. The molecule has 3 N–H and O–H groups in total. The summed E-state index contributed by atoms with van der Waals surface area (Å²) >= 11 is 1.68. The normalized spacial score (nSPS) is 16.6. The molecule has 1 atom stereocenters. The first-order chi connectivity index (χ1) is 15.1. The summed E-state index contributed by atoms with van der Waals surface area (Å²) < 4.78 is 53.7. The number of rotatable bonds is 10. The zero-order valence-electron chi connectivity index (χ0n) is 17.9. The fraction of sp³-hybridized carbons (Fsp3) is 0.429. The molecule has 0 amide bonds. The Bertz CT molecular complexity index is 1100. The van der Waals surface area contributed by atoms with Crippen LogP contribution >= 0.6 is 11.8 Å². The van der Waals surface area contributed by atoms with Gasteiger partial charge < -0.3 is 10.1 Å². The molecule has 0 unspecified atom stereocenters. The van der Waals surface area contributed by atoms with Crippen LogP contribution in [0.2, 0.25) is 0 Å². The fourth-order valence-corrected chi connectivity index (χ4v) is 5.87. The second-order valence-corrected chi connectivity index (χ2v) is 12.3. The average Bonchev–Trinajstić information content (AvgIpc) is 2.76. The van der Waals surface area contributed by atoms with Crippen LogP contribution < -0.4 is 10.5 Å². The molecule has 0 spiro atoms. The van der Waals surface area contributed by atoms with Crippen LogP contribution in [0.15, 0.2) is 63.2 Å². The van der Waals surface area contributed by atoms with Crippen LogP contribution in [0.25, 0.3) is 0 Å². The summed E-state index contributed by atoms with van der Waals surface area (Å²) in [6.07, 6.45) is 1.85. The Morgan fingerprint density at radius 2 is 1.78 bits per heavy atom. The maximum Gasteiger partial charge on any atom is 0.238 e. The molecular formula is C21H29N3O5S3. The Morgan fingerprint density at radius 3 is 2.41 bits per heavy atom. The molecule has 2 aromatic carbocycles. The van der Waals surface area contributed by atoms with E-state index in [1.54, 1.807) is 11.8 Å². The van der Waals surface area contributed by atoms with Gasteiger partial charge in [0.05, 0.1) is 28.7 Å². The highest BCUT2D eigenvalue weighted by Crippen LogP contribution is 2.27. The van der Waals surface area contributed by atoms with E-state index in [1.807, 2.05) is 30.3 Å². The van der Waals surface area contributed by atoms with E-state index in [1.165, 1.54) is 12.1 Å². The minimum atomic E-state index is -4.02. The first-order valence-corrected chi connectivity index (χ1v) is 14.7. The molecule has 2 aromatic rings. The molecular weight excluding hydrogens is 470 g/mol. The molecule has 1 aliphatic heterocycles. The zero-order valence-corrected chi connectivity index (χ0v) is 20.4. The Balaban J connectivity index is 1.81. The molecule has 0 radical (unpaired) electrons. The van der Waals surface area contributed by atoms with Gasteiger partial charge in [0.1, 0.15) is 0 Å². The molecule has 176 valence electrons. The highest BCUT2D eigenvalue weighted by Gasteiger charge is 2.21. The molecule has 3 rings (SSSR count). The van der Waals surface area contributed by atoms with Crippen molar-refractivity contribution in [1.82, 2.24) is 4.90 Å². The molecule has 0 aromatic heterocycles. The highest BCUT2D eigenvalue weighted by molar-refractivity contribution is 7.99. The van der Waals surface area contributed by atoms with Gasteiger partial charge in [-0.15, -0.1) is 11.8 Å². The smallest absolute Gasteiger partial charge is 0.238 e. The van der Waals surface area contributed by atoms with Crippen molar-refractivity contribution >= 4 is 37.3 Å². The maximum atomic E-state index is 12.4. The Morgan fingerprint density at radius 1 is 1.09 bits per heavy atom. The van der Waals surface area contributed by atoms with Crippen molar-refractivity contribution in [3.05, 3.63) is 48.5 Å². The molecule has 32 heavy (non-hydrogen) atoms. The van der Waals surface area contributed by atoms with Gasteiger partial charge in [0.25, 0.3) is 0 Å². The molecule has 0 aliphatic carbocycles. The third kappa shape index (κ3) is 7.46. The van der Waals surface area contributed by atoms with Gasteiger partial charge in [0.15, 0.2) is 9.84 Å². The van der Waals surface area contributed by atoms with Gasteiger partial charge in [0, 0.05) is 42.6 Å². The van der Waals surface area contributed by atoms with Crippen LogP contribution in [0.5, 0.6) is 0 Å². The predicted octanol–water partition coefficient (Wildman–Crippen LogP) is 2.03. The number of nitrogens with two attached hydrogens (primary N) is 1. The van der Waals surface area contributed by atoms with E-state index < -0.39 is 19.9 Å². The number of thioether (sulfide) groups is 1. The minimum Gasteiger partial charge on any atom is -0.380 e. The number of hydrogen-bond donors (Lipinski definition) is 2. The van der Waals surface area contributed by atoms with Crippen molar-refractivity contribution in [1.29, 1.82) is 0 Å². The first kappa shape index (κ1) is 25.0. The van der Waals surface area contributed by atoms with Crippen LogP contribution in [-0.4, -0.2) is 72.6 Å². The number of sulfone groups is 1. The van der Waals surface area contributed by atoms with Crippen molar-refractivity contribution in [3.8, 4) is 0 Å². The molecule has 8 nitrogen and oxygen atoms in total. The zero-order chi connectivity index (χ0) is 23.2. The van der Waals surface area contributed by atoms with Crippen molar-refractivity contribution in [3.63, 3.8) is 0 Å². The largest absolute Gasteiger partial charge is 0.380 e. The number of benzene rings is 2. The van der Waals surface area contributed by atoms with Crippen molar-refractivity contribution in [2.75, 3.05) is 50.2 Å². The lowest BCUT2D eigenvalue weighted by Gasteiger charge is -2.29. The van der Waals surface area contributed by atoms with E-state index in [0.29, 0.717) is 24.7 Å². The standard InChI is InChI=1S/C21H29N3O5S3/c1-31(25,26)21-15-19(32(22,27)28)7-8-20(21)23-17(9-10-24-11-13-29-14-12-24)16-30-18-5-3-2-4-6-18/h2-8,15,17,23H,9-14,16H2,1H3,(H2,22,27,28)/t17-/m1/s1. The Kier molecular flexibility index (Phi) is 8.59. The molecule has 1 heterocycles. The number of nitrogens with zero attached hydrogens (tertiary/aromatic N) is 1. The summed E-state index contributed by atoms with van der Waals surface area (Å²) in [4.78, 5) is 3.14. The van der Waals surface area contributed by atoms with Crippen molar-refractivity contribution in [2.24, 2.45) is 5.14 Å². The van der Waals surface area contributed by atoms with Gasteiger partial charge >= 0.3 is 0 Å². The summed E-state index contributed by atoms with van der Waals surface area (Å²) in [7, 11) is -7.70. The molecule has 1 saturated heterocycles. The van der Waals surface area contributed by atoms with Crippen LogP contribution in [0, 0.1) is 0 Å². The lowest BCUT2D eigenvalue weighted by molar-refractivity contribution is 0.0370. The number of anilines is 1. The molecule has 0 bridgehead atoms. The lowest BCUT2D eigenvalue weighted by Crippen LogP contribution is -2.39. The third-order valence-electron chi connectivity index (χ3n) is 5.13. The van der Waals surface area contributed by atoms with Gasteiger partial charge in [-0.3, -0.25) is 4.90 Å². The topological polar surface area (TPSA) is 119 Å². The number of sulfonamides is 1. The Hall–Kier alpha value is -1.63. The van der Waals surface area contributed by atoms with Gasteiger partial charge in [-0.05, 0) is 36.8 Å². The predicted molar refractivity (Wildman–Crippen MR) is 127 cm³/mol. The number of morpholine rings is 1. The van der Waals surface area contributed by atoms with Crippen LogP contribution in [0.1, 0.15) is 6.42 Å². The average molecular weight is 500 g/mol. The number of nitrogens with one attached hydrogen (secondary N) is 1. The quantitative estimate of drug-likeness (QED) is 0.477. The number of primary sulfonamides is 1. The Labute approximate surface area is 194 Å². The monoisotopic (exact) mass is 499 g/mol. The SMILES string of the molecule is CS(=O)(=O)c1cc(S(N)(=O)=O)ccc1N[C@H](CCN1CCOCC1)CSc1ccccc1. The van der Waals surface area contributed by atoms with E-state index in [9.17, 15) is 16.8 Å². The first-order valence-electron chi connectivity index (χ1n) is 10.2. The minimum absolute atomic E-state index is 0.0381. The van der Waals surface area contributed by atoms with E-state index >= 15 is 0 Å². The second kappa shape index (κ2) is 11.0. The lowest BCUT2D eigenvalue weighted by atomic mass is 10.2. The van der Waals surface area contributed by atoms with E-state index in [-0.39, 0.29) is 15.8 Å². The number of ether oxygens (including phenoxy) is 1. The van der Waals surface area contributed by atoms with Crippen LogP contribution in [-0.2, 0) is 24.6 Å². The second-order valence-electron chi connectivity index (χ2n) is 7.68. The summed E-state index contributed by atoms with van der Waals surface area (Å²) in [5, 5.41) is 8.55. The van der Waals surface area contributed by atoms with Crippen molar-refractivity contribution < 1.29 is 21.6 Å². The van der Waals surface area contributed by atoms with Crippen LogP contribution in [0.4, 0.5) is 5.69 Å². The third-order valence-corrected chi connectivity index (χ3v) is 8.35. The molecule has 1 aliphatic rings. The molecule has 11 heteroatoms. The van der Waals surface area contributed by atoms with Gasteiger partial charge in [-0.25, -0.2) is 22.0 Å². The maximum absolute atomic E-state index is 12.4. The summed E-state index contributed by atoms with van der Waals surface area (Å²) in [5.74, 6) is 0.717. The summed E-state index contributed by atoms with van der Waals surface area (Å²) in [6, 6.07) is 13.9. The van der Waals surface area contributed by atoms with Gasteiger partial charge in [-0.2, -0.15) is 0 Å². The number of hydrogen-bond acceptors (Lipinski definition) is 8. The highest BCUT2D eigenvalue weighted by atomic mass is 32.2.